The number of nitrogens with one attached hydrogen (secondary N) is 1. The first-order valence-electron chi connectivity index (χ1n) is 8.07. The smallest absolute Gasteiger partial charge is 0.240 e. The van der Waals surface area contributed by atoms with Crippen molar-refractivity contribution in [2.75, 3.05) is 46.4 Å². The molecule has 1 aliphatic rings. The zero-order valence-electron chi connectivity index (χ0n) is 14.2. The maximum atomic E-state index is 12.4. The molecule has 0 unspecified atom stereocenters. The standard InChI is InChI=1S/C16H27N3O3S/c1-4-22-15-5-7-16(8-6-15)23(20,21)17-13-14(2)19-11-9-18(3)10-12-19/h5-8,14,17H,4,9-13H2,1-3H3/t14-/m0/s1. The zero-order valence-corrected chi connectivity index (χ0v) is 15.0. The van der Waals surface area contributed by atoms with E-state index in [4.69, 9.17) is 4.74 Å². The molecule has 1 aromatic rings. The van der Waals surface area contributed by atoms with Crippen molar-refractivity contribution in [2.24, 2.45) is 0 Å². The van der Waals surface area contributed by atoms with E-state index >= 15 is 0 Å². The molecular weight excluding hydrogens is 314 g/mol. The lowest BCUT2D eigenvalue weighted by Crippen LogP contribution is -2.51. The second-order valence-electron chi connectivity index (χ2n) is 5.94. The number of ether oxygens (including phenoxy) is 1. The summed E-state index contributed by atoms with van der Waals surface area (Å²) in [5.41, 5.74) is 0. The molecule has 6 nitrogen and oxygen atoms in total. The van der Waals surface area contributed by atoms with Crippen LogP contribution in [0.15, 0.2) is 29.2 Å². The van der Waals surface area contributed by atoms with Crippen LogP contribution in [0.4, 0.5) is 0 Å². The van der Waals surface area contributed by atoms with Gasteiger partial charge in [0, 0.05) is 38.8 Å². The first kappa shape index (κ1) is 18.2. The summed E-state index contributed by atoms with van der Waals surface area (Å²) >= 11 is 0. The predicted molar refractivity (Wildman–Crippen MR) is 91.3 cm³/mol. The first-order chi connectivity index (χ1) is 10.9. The van der Waals surface area contributed by atoms with Crippen LogP contribution in [-0.2, 0) is 10.0 Å². The van der Waals surface area contributed by atoms with E-state index in [1.165, 1.54) is 0 Å². The van der Waals surface area contributed by atoms with E-state index in [-0.39, 0.29) is 10.9 Å². The van der Waals surface area contributed by atoms with Gasteiger partial charge in [-0.15, -0.1) is 0 Å². The van der Waals surface area contributed by atoms with Crippen LogP contribution in [0, 0.1) is 0 Å². The van der Waals surface area contributed by atoms with Crippen LogP contribution in [0.3, 0.4) is 0 Å². The molecule has 23 heavy (non-hydrogen) atoms. The van der Waals surface area contributed by atoms with E-state index < -0.39 is 10.0 Å². The van der Waals surface area contributed by atoms with Gasteiger partial charge in [-0.2, -0.15) is 0 Å². The van der Waals surface area contributed by atoms with E-state index in [1.54, 1.807) is 24.3 Å². The highest BCUT2D eigenvalue weighted by Gasteiger charge is 2.21. The van der Waals surface area contributed by atoms with Crippen molar-refractivity contribution < 1.29 is 13.2 Å². The molecule has 1 fully saturated rings. The van der Waals surface area contributed by atoms with Gasteiger partial charge in [-0.1, -0.05) is 0 Å². The van der Waals surface area contributed by atoms with Crippen LogP contribution in [0.5, 0.6) is 5.75 Å². The molecule has 130 valence electrons. The lowest BCUT2D eigenvalue weighted by Gasteiger charge is -2.36. The minimum atomic E-state index is -3.48. The zero-order chi connectivity index (χ0) is 16.9. The lowest BCUT2D eigenvalue weighted by atomic mass is 10.2. The SMILES string of the molecule is CCOc1ccc(S(=O)(=O)NC[C@H](C)N2CCN(C)CC2)cc1. The van der Waals surface area contributed by atoms with Crippen molar-refractivity contribution in [1.29, 1.82) is 0 Å². The van der Waals surface area contributed by atoms with Crippen LogP contribution in [0.2, 0.25) is 0 Å². The number of rotatable bonds is 7. The minimum Gasteiger partial charge on any atom is -0.494 e. The van der Waals surface area contributed by atoms with Gasteiger partial charge >= 0.3 is 0 Å². The van der Waals surface area contributed by atoms with Crippen molar-refractivity contribution in [1.82, 2.24) is 14.5 Å². The molecule has 0 spiro atoms. The van der Waals surface area contributed by atoms with E-state index in [9.17, 15) is 8.42 Å². The molecule has 2 rings (SSSR count). The van der Waals surface area contributed by atoms with Crippen molar-refractivity contribution >= 4 is 10.0 Å². The van der Waals surface area contributed by atoms with Crippen molar-refractivity contribution in [3.05, 3.63) is 24.3 Å². The van der Waals surface area contributed by atoms with Crippen LogP contribution < -0.4 is 9.46 Å². The average Bonchev–Trinajstić information content (AvgIpc) is 2.54. The topological polar surface area (TPSA) is 61.9 Å². The highest BCUT2D eigenvalue weighted by atomic mass is 32.2. The summed E-state index contributed by atoms with van der Waals surface area (Å²) in [5, 5.41) is 0. The molecule has 0 saturated carbocycles. The quantitative estimate of drug-likeness (QED) is 0.802. The molecule has 0 aromatic heterocycles. The van der Waals surface area contributed by atoms with Gasteiger partial charge in [0.15, 0.2) is 0 Å². The normalized spacial score (nSPS) is 18.7. The Kier molecular flexibility index (Phi) is 6.41. The largest absolute Gasteiger partial charge is 0.494 e. The molecule has 1 aromatic carbocycles. The van der Waals surface area contributed by atoms with Crippen molar-refractivity contribution in [2.45, 2.75) is 24.8 Å². The molecular formula is C16H27N3O3S. The third kappa shape index (κ3) is 5.17. The molecule has 1 atom stereocenters. The van der Waals surface area contributed by atoms with Crippen LogP contribution >= 0.6 is 0 Å². The van der Waals surface area contributed by atoms with Gasteiger partial charge in [0.05, 0.1) is 11.5 Å². The van der Waals surface area contributed by atoms with Gasteiger partial charge in [-0.25, -0.2) is 13.1 Å². The summed E-state index contributed by atoms with van der Waals surface area (Å²) in [5.74, 6) is 0.678. The number of benzene rings is 1. The number of piperazine rings is 1. The van der Waals surface area contributed by atoms with Gasteiger partial charge in [-0.05, 0) is 45.2 Å². The number of hydrogen-bond donors (Lipinski definition) is 1. The Bertz CT molecular complexity index is 581. The number of likely N-dealkylation sites (N-methyl/N-ethyl adjacent to an activating group) is 1. The first-order valence-corrected chi connectivity index (χ1v) is 9.56. The van der Waals surface area contributed by atoms with E-state index in [0.717, 1.165) is 26.2 Å². The van der Waals surface area contributed by atoms with Crippen LogP contribution in [0.1, 0.15) is 13.8 Å². The minimum absolute atomic E-state index is 0.182. The molecule has 1 N–H and O–H groups in total. The predicted octanol–water partition coefficient (Wildman–Crippen LogP) is 1.000. The lowest BCUT2D eigenvalue weighted by molar-refractivity contribution is 0.120. The van der Waals surface area contributed by atoms with Gasteiger partial charge in [0.25, 0.3) is 0 Å². The fraction of sp³-hybridized carbons (Fsp3) is 0.625. The van der Waals surface area contributed by atoms with Gasteiger partial charge < -0.3 is 9.64 Å². The van der Waals surface area contributed by atoms with Gasteiger partial charge in [-0.3, -0.25) is 4.90 Å². The third-order valence-corrected chi connectivity index (χ3v) is 5.61. The highest BCUT2D eigenvalue weighted by Crippen LogP contribution is 2.16. The molecule has 0 aliphatic carbocycles. The second-order valence-corrected chi connectivity index (χ2v) is 7.71. The highest BCUT2D eigenvalue weighted by molar-refractivity contribution is 7.89. The van der Waals surface area contributed by atoms with Crippen molar-refractivity contribution in [3.63, 3.8) is 0 Å². The maximum absolute atomic E-state index is 12.4. The van der Waals surface area contributed by atoms with Gasteiger partial charge in [0.2, 0.25) is 10.0 Å². The van der Waals surface area contributed by atoms with E-state index in [1.807, 2.05) is 6.92 Å². The Morgan fingerprint density at radius 3 is 2.35 bits per heavy atom. The summed E-state index contributed by atoms with van der Waals surface area (Å²) in [7, 11) is -1.37. The molecule has 0 radical (unpaired) electrons. The molecule has 0 bridgehead atoms. The summed E-state index contributed by atoms with van der Waals surface area (Å²) in [6, 6.07) is 6.70. The maximum Gasteiger partial charge on any atom is 0.240 e. The summed E-state index contributed by atoms with van der Waals surface area (Å²) < 4.78 is 32.8. The Morgan fingerprint density at radius 2 is 1.78 bits per heavy atom. The summed E-state index contributed by atoms with van der Waals surface area (Å²) in [6.45, 7) is 8.93. The second kappa shape index (κ2) is 8.10. The van der Waals surface area contributed by atoms with E-state index in [0.29, 0.717) is 18.9 Å². The Morgan fingerprint density at radius 1 is 1.17 bits per heavy atom. The third-order valence-electron chi connectivity index (χ3n) is 4.18. The fourth-order valence-electron chi connectivity index (χ4n) is 2.59. The molecule has 7 heteroatoms. The Balaban J connectivity index is 1.90. The number of hydrogen-bond acceptors (Lipinski definition) is 5. The number of sulfonamides is 1. The van der Waals surface area contributed by atoms with Crippen LogP contribution in [0.25, 0.3) is 0 Å². The Hall–Kier alpha value is -1.15. The summed E-state index contributed by atoms with van der Waals surface area (Å²) in [4.78, 5) is 4.88. The molecule has 1 heterocycles. The summed E-state index contributed by atoms with van der Waals surface area (Å²) in [6.07, 6.45) is 0. The molecule has 1 aliphatic heterocycles. The average molecular weight is 341 g/mol. The molecule has 1 saturated heterocycles. The Labute approximate surface area is 139 Å². The van der Waals surface area contributed by atoms with E-state index in [2.05, 4.69) is 28.5 Å². The fourth-order valence-corrected chi connectivity index (χ4v) is 3.71. The van der Waals surface area contributed by atoms with Gasteiger partial charge in [0.1, 0.15) is 5.75 Å². The number of nitrogens with zero attached hydrogens (tertiary/aromatic N) is 2. The monoisotopic (exact) mass is 341 g/mol. The van der Waals surface area contributed by atoms with Crippen molar-refractivity contribution in [3.8, 4) is 5.75 Å². The van der Waals surface area contributed by atoms with Crippen LogP contribution in [-0.4, -0.2) is 70.6 Å². The molecule has 0 amide bonds.